The number of aromatic amines is 1. The van der Waals surface area contributed by atoms with Crippen LogP contribution < -0.4 is 0 Å². The Labute approximate surface area is 152 Å². The maximum atomic E-state index is 13.1. The number of H-pyrrole nitrogens is 1. The zero-order valence-corrected chi connectivity index (χ0v) is 15.1. The Morgan fingerprint density at radius 2 is 2.19 bits per heavy atom. The van der Waals surface area contributed by atoms with Crippen LogP contribution in [0.15, 0.2) is 10.7 Å². The number of rotatable bonds is 4. The minimum Gasteiger partial charge on any atom is -0.381 e. The first-order chi connectivity index (χ1) is 12.7. The van der Waals surface area contributed by atoms with Crippen molar-refractivity contribution in [1.82, 2.24) is 25.2 Å². The molecule has 26 heavy (non-hydrogen) atoms. The van der Waals surface area contributed by atoms with Crippen molar-refractivity contribution in [2.75, 3.05) is 26.3 Å². The Morgan fingerprint density at radius 3 is 2.96 bits per heavy atom. The Morgan fingerprint density at radius 1 is 1.35 bits per heavy atom. The Hall–Kier alpha value is -2.22. The summed E-state index contributed by atoms with van der Waals surface area (Å²) in [5.41, 5.74) is 1.68. The van der Waals surface area contributed by atoms with E-state index in [4.69, 9.17) is 9.26 Å². The van der Waals surface area contributed by atoms with Crippen LogP contribution in [0.4, 0.5) is 0 Å². The zero-order valence-electron chi connectivity index (χ0n) is 15.1. The van der Waals surface area contributed by atoms with Crippen molar-refractivity contribution in [3.8, 4) is 0 Å². The molecule has 0 aromatic carbocycles. The third kappa shape index (κ3) is 3.65. The van der Waals surface area contributed by atoms with E-state index in [9.17, 15) is 4.79 Å². The molecular formula is C18H25N5O3. The summed E-state index contributed by atoms with van der Waals surface area (Å²) in [5.74, 6) is 2.08. The predicted octanol–water partition coefficient (Wildman–Crippen LogP) is 2.09. The molecule has 2 fully saturated rings. The second-order valence-electron chi connectivity index (χ2n) is 7.28. The van der Waals surface area contributed by atoms with Crippen molar-refractivity contribution in [1.29, 1.82) is 0 Å². The van der Waals surface area contributed by atoms with Crippen LogP contribution in [0.2, 0.25) is 0 Å². The third-order valence-electron chi connectivity index (χ3n) is 5.38. The number of hydrogen-bond acceptors (Lipinski definition) is 6. The van der Waals surface area contributed by atoms with Gasteiger partial charge in [-0.1, -0.05) is 5.16 Å². The van der Waals surface area contributed by atoms with Gasteiger partial charge in [-0.05, 0) is 31.6 Å². The maximum Gasteiger partial charge on any atom is 0.257 e. The lowest BCUT2D eigenvalue weighted by molar-refractivity contribution is 0.0662. The van der Waals surface area contributed by atoms with Gasteiger partial charge in [0.2, 0.25) is 5.89 Å². The molecule has 2 aliphatic heterocycles. The van der Waals surface area contributed by atoms with Gasteiger partial charge in [0.05, 0.1) is 17.5 Å². The number of carbonyl (C=O) groups excluding carboxylic acids is 1. The van der Waals surface area contributed by atoms with E-state index in [2.05, 4.69) is 20.3 Å². The summed E-state index contributed by atoms with van der Waals surface area (Å²) in [7, 11) is 0. The number of amides is 1. The quantitative estimate of drug-likeness (QED) is 0.898. The lowest BCUT2D eigenvalue weighted by atomic mass is 9.92. The first-order valence-corrected chi connectivity index (χ1v) is 9.40. The lowest BCUT2D eigenvalue weighted by Gasteiger charge is -2.32. The van der Waals surface area contributed by atoms with Crippen LogP contribution in [-0.2, 0) is 11.2 Å². The van der Waals surface area contributed by atoms with Gasteiger partial charge in [-0.15, -0.1) is 0 Å². The van der Waals surface area contributed by atoms with Gasteiger partial charge in [0.25, 0.3) is 5.91 Å². The van der Waals surface area contributed by atoms with Gasteiger partial charge in [0.15, 0.2) is 5.82 Å². The standard InChI is InChI=1S/C18H25N5O3/c1-12-20-16(22-26-12)9-13-3-2-6-23(11-13)18(24)15-10-19-21-17(15)14-4-7-25-8-5-14/h10,13-14H,2-9,11H2,1H3,(H,19,21). The minimum absolute atomic E-state index is 0.0780. The summed E-state index contributed by atoms with van der Waals surface area (Å²) in [6, 6.07) is 0. The molecule has 4 rings (SSSR count). The fourth-order valence-electron chi connectivity index (χ4n) is 4.03. The van der Waals surface area contributed by atoms with Gasteiger partial charge in [0, 0.05) is 45.6 Å². The summed E-state index contributed by atoms with van der Waals surface area (Å²) in [4.78, 5) is 19.4. The van der Waals surface area contributed by atoms with E-state index in [1.54, 1.807) is 13.1 Å². The van der Waals surface area contributed by atoms with Gasteiger partial charge in [-0.3, -0.25) is 9.89 Å². The predicted molar refractivity (Wildman–Crippen MR) is 92.7 cm³/mol. The maximum absolute atomic E-state index is 13.1. The molecule has 2 aromatic heterocycles. The van der Waals surface area contributed by atoms with Crippen LogP contribution in [-0.4, -0.2) is 57.4 Å². The summed E-state index contributed by atoms with van der Waals surface area (Å²) in [5, 5.41) is 11.2. The highest BCUT2D eigenvalue weighted by Gasteiger charge is 2.30. The van der Waals surface area contributed by atoms with Crippen LogP contribution >= 0.6 is 0 Å². The van der Waals surface area contributed by atoms with Crippen molar-refractivity contribution in [3.05, 3.63) is 29.2 Å². The zero-order chi connectivity index (χ0) is 17.9. The highest BCUT2D eigenvalue weighted by molar-refractivity contribution is 5.95. The largest absolute Gasteiger partial charge is 0.381 e. The van der Waals surface area contributed by atoms with E-state index in [1.165, 1.54) is 0 Å². The van der Waals surface area contributed by atoms with Crippen LogP contribution in [0.1, 0.15) is 59.4 Å². The van der Waals surface area contributed by atoms with Crippen molar-refractivity contribution in [2.45, 2.75) is 44.9 Å². The fraction of sp³-hybridized carbons (Fsp3) is 0.667. The summed E-state index contributed by atoms with van der Waals surface area (Å²) >= 11 is 0. The van der Waals surface area contributed by atoms with E-state index in [0.717, 1.165) is 69.9 Å². The van der Waals surface area contributed by atoms with E-state index < -0.39 is 0 Å². The van der Waals surface area contributed by atoms with E-state index in [0.29, 0.717) is 23.3 Å². The molecule has 0 aliphatic carbocycles. The van der Waals surface area contributed by atoms with Gasteiger partial charge in [0.1, 0.15) is 0 Å². The number of carbonyl (C=O) groups is 1. The minimum atomic E-state index is 0.0780. The first kappa shape index (κ1) is 17.2. The highest BCUT2D eigenvalue weighted by atomic mass is 16.5. The van der Waals surface area contributed by atoms with Gasteiger partial charge >= 0.3 is 0 Å². The van der Waals surface area contributed by atoms with Crippen LogP contribution in [0.25, 0.3) is 0 Å². The van der Waals surface area contributed by atoms with Crippen molar-refractivity contribution < 1.29 is 14.1 Å². The van der Waals surface area contributed by atoms with Gasteiger partial charge < -0.3 is 14.2 Å². The lowest BCUT2D eigenvalue weighted by Crippen LogP contribution is -2.41. The SMILES string of the molecule is Cc1nc(CC2CCCN(C(=O)c3cn[nH]c3C3CCOCC3)C2)no1. The smallest absolute Gasteiger partial charge is 0.257 e. The molecule has 1 atom stereocenters. The second kappa shape index (κ2) is 7.57. The van der Waals surface area contributed by atoms with Gasteiger partial charge in [-0.2, -0.15) is 10.1 Å². The molecule has 1 unspecified atom stereocenters. The fourth-order valence-corrected chi connectivity index (χ4v) is 4.03. The molecule has 1 amide bonds. The molecule has 4 heterocycles. The number of hydrogen-bond donors (Lipinski definition) is 1. The normalized spacial score (nSPS) is 21.9. The summed E-state index contributed by atoms with van der Waals surface area (Å²) in [6.45, 7) is 4.80. The molecule has 8 nitrogen and oxygen atoms in total. The Bertz CT molecular complexity index is 750. The van der Waals surface area contributed by atoms with E-state index in [-0.39, 0.29) is 5.91 Å². The van der Waals surface area contributed by atoms with Crippen LogP contribution in [0.5, 0.6) is 0 Å². The van der Waals surface area contributed by atoms with Crippen LogP contribution in [0, 0.1) is 12.8 Å². The summed E-state index contributed by atoms with van der Waals surface area (Å²) < 4.78 is 10.5. The molecule has 2 saturated heterocycles. The Balaban J connectivity index is 1.43. The topological polar surface area (TPSA) is 97.1 Å². The van der Waals surface area contributed by atoms with Crippen molar-refractivity contribution in [3.63, 3.8) is 0 Å². The molecule has 1 N–H and O–H groups in total. The molecule has 140 valence electrons. The van der Waals surface area contributed by atoms with Crippen molar-refractivity contribution >= 4 is 5.91 Å². The average molecular weight is 359 g/mol. The number of nitrogens with one attached hydrogen (secondary N) is 1. The average Bonchev–Trinajstić information content (AvgIpc) is 3.31. The van der Waals surface area contributed by atoms with E-state index in [1.807, 2.05) is 4.90 Å². The number of aryl methyl sites for hydroxylation is 1. The monoisotopic (exact) mass is 359 g/mol. The summed E-state index contributed by atoms with van der Waals surface area (Å²) in [6.07, 6.45) is 6.37. The Kier molecular flexibility index (Phi) is 5.01. The molecular weight excluding hydrogens is 334 g/mol. The molecule has 0 spiro atoms. The number of aromatic nitrogens is 4. The highest BCUT2D eigenvalue weighted by Crippen LogP contribution is 2.29. The van der Waals surface area contributed by atoms with Gasteiger partial charge in [-0.25, -0.2) is 0 Å². The molecule has 8 heteroatoms. The number of nitrogens with zero attached hydrogens (tertiary/aromatic N) is 4. The molecule has 0 bridgehead atoms. The van der Waals surface area contributed by atoms with Crippen molar-refractivity contribution in [2.24, 2.45) is 5.92 Å². The number of ether oxygens (including phenoxy) is 1. The third-order valence-corrected chi connectivity index (χ3v) is 5.38. The number of piperidine rings is 1. The van der Waals surface area contributed by atoms with Crippen LogP contribution in [0.3, 0.4) is 0 Å². The first-order valence-electron chi connectivity index (χ1n) is 9.40. The molecule has 2 aromatic rings. The number of likely N-dealkylation sites (tertiary alicyclic amines) is 1. The molecule has 0 saturated carbocycles. The molecule has 2 aliphatic rings. The second-order valence-corrected chi connectivity index (χ2v) is 7.28. The molecule has 0 radical (unpaired) electrons. The van der Waals surface area contributed by atoms with E-state index >= 15 is 0 Å².